The highest BCUT2D eigenvalue weighted by atomic mass is 35.5. The van der Waals surface area contributed by atoms with Crippen molar-refractivity contribution in [3.63, 3.8) is 0 Å². The fourth-order valence-electron chi connectivity index (χ4n) is 3.58. The minimum absolute atomic E-state index is 0.119. The first-order valence-corrected chi connectivity index (χ1v) is 9.78. The van der Waals surface area contributed by atoms with Gasteiger partial charge in [-0.15, -0.1) is 0 Å². The molecule has 2 atom stereocenters. The van der Waals surface area contributed by atoms with E-state index in [9.17, 15) is 4.79 Å². The lowest BCUT2D eigenvalue weighted by Crippen LogP contribution is -2.39. The van der Waals surface area contributed by atoms with Crippen LogP contribution >= 0.6 is 11.6 Å². The van der Waals surface area contributed by atoms with Gasteiger partial charge in [-0.1, -0.05) is 24.2 Å². The molecule has 2 aliphatic rings. The molecule has 2 aliphatic heterocycles. The van der Waals surface area contributed by atoms with Crippen molar-refractivity contribution < 1.29 is 14.0 Å². The van der Waals surface area contributed by atoms with E-state index < -0.39 is 0 Å². The Morgan fingerprint density at radius 3 is 2.93 bits per heavy atom. The maximum atomic E-state index is 13.2. The van der Waals surface area contributed by atoms with Gasteiger partial charge in [-0.2, -0.15) is 0 Å². The number of rotatable bonds is 5. The molecule has 1 amide bonds. The van der Waals surface area contributed by atoms with Crippen LogP contribution in [0.15, 0.2) is 77.9 Å². The Bertz CT molecular complexity index is 1120. The number of allylic oxidation sites excluding steroid dienone is 1. The van der Waals surface area contributed by atoms with Crippen molar-refractivity contribution in [3.05, 3.63) is 83.6 Å². The summed E-state index contributed by atoms with van der Waals surface area (Å²) in [5.74, 6) is 1.82. The highest BCUT2D eigenvalue weighted by Crippen LogP contribution is 2.40. The van der Waals surface area contributed by atoms with Gasteiger partial charge in [0.2, 0.25) is 5.84 Å². The van der Waals surface area contributed by atoms with Crippen molar-refractivity contribution in [2.45, 2.75) is 13.0 Å². The number of amidine groups is 1. The van der Waals surface area contributed by atoms with Crippen molar-refractivity contribution in [2.24, 2.45) is 4.99 Å². The van der Waals surface area contributed by atoms with Crippen molar-refractivity contribution in [2.75, 3.05) is 18.9 Å². The number of aryl methyl sites for hydroxylation is 1. The fraction of sp³-hybridized carbons (Fsp3) is 0.182. The Morgan fingerprint density at radius 2 is 2.27 bits per heavy atom. The second-order valence-corrected chi connectivity index (χ2v) is 7.55. The molecule has 1 N–H and O–H groups in total. The van der Waals surface area contributed by atoms with Gasteiger partial charge in [0.1, 0.15) is 29.9 Å². The van der Waals surface area contributed by atoms with Gasteiger partial charge in [0.25, 0.3) is 5.91 Å². The van der Waals surface area contributed by atoms with Gasteiger partial charge >= 0.3 is 0 Å². The summed E-state index contributed by atoms with van der Waals surface area (Å²) < 4.78 is 6.36. The minimum atomic E-state index is -0.306. The number of hydrogen-bond acceptors (Lipinski definition) is 5. The summed E-state index contributed by atoms with van der Waals surface area (Å²) in [6.07, 6.45) is 8.58. The lowest BCUT2D eigenvalue weighted by Gasteiger charge is -2.23. The number of pyridine rings is 2. The monoisotopic (exact) mass is 422 g/mol. The van der Waals surface area contributed by atoms with Gasteiger partial charge in [-0.05, 0) is 25.1 Å². The summed E-state index contributed by atoms with van der Waals surface area (Å²) in [5, 5.41) is 3.32. The smallest absolute Gasteiger partial charge is 0.264 e. The molecular weight excluding hydrogens is 402 g/mol. The molecule has 0 aromatic carbocycles. The average molecular weight is 423 g/mol. The normalized spacial score (nSPS) is 23.6. The Morgan fingerprint density at radius 1 is 1.43 bits per heavy atom. The molecule has 4 heterocycles. The number of amides is 1. The molecule has 7 nitrogen and oxygen atoms in total. The lowest BCUT2D eigenvalue weighted by atomic mass is 10.1. The Labute approximate surface area is 179 Å². The fourth-order valence-corrected chi connectivity index (χ4v) is 3.75. The zero-order chi connectivity index (χ0) is 21.3. The SMILES string of the molecule is C=CC1C[N+]12C=C(Oc1cncc(Cl)c1)C=C(C(=O)Nc1cccc(C)n1)C2=NC. The van der Waals surface area contributed by atoms with E-state index in [1.54, 1.807) is 31.5 Å². The number of anilines is 1. The molecule has 152 valence electrons. The largest absolute Gasteiger partial charge is 0.450 e. The van der Waals surface area contributed by atoms with Gasteiger partial charge in [0.15, 0.2) is 11.8 Å². The third kappa shape index (κ3) is 3.77. The summed E-state index contributed by atoms with van der Waals surface area (Å²) in [4.78, 5) is 26.0. The second kappa shape index (κ2) is 7.85. The molecule has 2 aromatic rings. The highest BCUT2D eigenvalue weighted by Gasteiger charge is 2.60. The molecule has 2 unspecified atom stereocenters. The number of halogens is 1. The van der Waals surface area contributed by atoms with Crippen LogP contribution in [0.2, 0.25) is 5.02 Å². The Balaban J connectivity index is 1.69. The Kier molecular flexibility index (Phi) is 5.24. The number of nitrogens with one attached hydrogen (secondary N) is 1. The lowest BCUT2D eigenvalue weighted by molar-refractivity contribution is -0.650. The molecule has 30 heavy (non-hydrogen) atoms. The third-order valence-corrected chi connectivity index (χ3v) is 5.21. The topological polar surface area (TPSA) is 76.5 Å². The van der Waals surface area contributed by atoms with Gasteiger partial charge < -0.3 is 10.1 Å². The third-order valence-electron chi connectivity index (χ3n) is 5.00. The van der Waals surface area contributed by atoms with E-state index in [1.165, 1.54) is 6.20 Å². The first-order valence-electron chi connectivity index (χ1n) is 9.41. The first-order chi connectivity index (χ1) is 14.4. The molecule has 8 heteroatoms. The van der Waals surface area contributed by atoms with Crippen molar-refractivity contribution in [3.8, 4) is 5.75 Å². The minimum Gasteiger partial charge on any atom is -0.450 e. The summed E-state index contributed by atoms with van der Waals surface area (Å²) in [7, 11) is 1.68. The molecule has 1 fully saturated rings. The predicted molar refractivity (Wildman–Crippen MR) is 116 cm³/mol. The van der Waals surface area contributed by atoms with Crippen LogP contribution in [-0.2, 0) is 4.79 Å². The van der Waals surface area contributed by atoms with E-state index in [2.05, 4.69) is 26.9 Å². The average Bonchev–Trinajstić information content (AvgIpc) is 3.40. The summed E-state index contributed by atoms with van der Waals surface area (Å²) in [6.45, 7) is 6.53. The molecule has 0 bridgehead atoms. The van der Waals surface area contributed by atoms with Crippen molar-refractivity contribution >= 4 is 29.2 Å². The van der Waals surface area contributed by atoms with Gasteiger partial charge in [0.05, 0.1) is 11.2 Å². The Hall–Kier alpha value is -3.29. The first kappa shape index (κ1) is 20.0. The predicted octanol–water partition coefficient (Wildman–Crippen LogP) is 3.65. The van der Waals surface area contributed by atoms with Gasteiger partial charge in [-0.3, -0.25) is 9.78 Å². The number of aliphatic imine (C=N–C) groups is 1. The standard InChI is InChI=1S/C22H20ClN5O2/c1-4-16-12-28(16)13-18(30-17-8-15(23)10-25-11-17)9-19(21(28)24-3)22(29)27-20-7-5-6-14(2)26-20/h4-11,13,16H,1,12H2,2-3H3/p+1. The number of aromatic nitrogens is 2. The van der Waals surface area contributed by atoms with Crippen LogP contribution in [0.4, 0.5) is 5.82 Å². The maximum absolute atomic E-state index is 13.2. The molecule has 4 rings (SSSR count). The summed E-state index contributed by atoms with van der Waals surface area (Å²) in [5.41, 5.74) is 1.23. The molecule has 1 saturated heterocycles. The molecule has 0 aliphatic carbocycles. The quantitative estimate of drug-likeness (QED) is 0.453. The van der Waals surface area contributed by atoms with Crippen molar-refractivity contribution in [1.82, 2.24) is 9.97 Å². The molecular formula is C22H21ClN5O2+. The number of carbonyl (C=O) groups excluding carboxylic acids is 1. The van der Waals surface area contributed by atoms with Crippen LogP contribution in [0.1, 0.15) is 5.69 Å². The number of carbonyl (C=O) groups is 1. The molecule has 0 radical (unpaired) electrons. The zero-order valence-corrected chi connectivity index (χ0v) is 17.4. The van der Waals surface area contributed by atoms with Crippen LogP contribution in [-0.4, -0.2) is 45.8 Å². The molecule has 1 spiro atoms. The van der Waals surface area contributed by atoms with Crippen molar-refractivity contribution in [1.29, 1.82) is 0 Å². The van der Waals surface area contributed by atoms with E-state index >= 15 is 0 Å². The second-order valence-electron chi connectivity index (χ2n) is 7.11. The summed E-state index contributed by atoms with van der Waals surface area (Å²) >= 11 is 6.02. The van der Waals surface area contributed by atoms with Gasteiger partial charge in [-0.25, -0.2) is 14.5 Å². The zero-order valence-electron chi connectivity index (χ0n) is 16.7. The maximum Gasteiger partial charge on any atom is 0.264 e. The number of ether oxygens (including phenoxy) is 1. The van der Waals surface area contributed by atoms with Crippen LogP contribution in [0.5, 0.6) is 5.75 Å². The van der Waals surface area contributed by atoms with E-state index in [0.717, 1.165) is 12.2 Å². The van der Waals surface area contributed by atoms with Gasteiger partial charge in [0, 0.05) is 31.1 Å². The van der Waals surface area contributed by atoms with Crippen LogP contribution < -0.4 is 10.1 Å². The van der Waals surface area contributed by atoms with Crippen LogP contribution in [0, 0.1) is 6.92 Å². The number of hydrogen-bond donors (Lipinski definition) is 1. The number of quaternary nitrogens is 1. The highest BCUT2D eigenvalue weighted by molar-refractivity contribution is 6.30. The molecule has 0 saturated carbocycles. The van der Waals surface area contributed by atoms with E-state index in [0.29, 0.717) is 38.2 Å². The number of nitrogens with zero attached hydrogens (tertiary/aromatic N) is 4. The van der Waals surface area contributed by atoms with Crippen LogP contribution in [0.25, 0.3) is 0 Å². The summed E-state index contributed by atoms with van der Waals surface area (Å²) in [6, 6.07) is 7.24. The van der Waals surface area contributed by atoms with E-state index in [-0.39, 0.29) is 11.9 Å². The van der Waals surface area contributed by atoms with E-state index in [4.69, 9.17) is 16.3 Å². The van der Waals surface area contributed by atoms with Crippen LogP contribution in [0.3, 0.4) is 0 Å². The van der Waals surface area contributed by atoms with E-state index in [1.807, 2.05) is 31.3 Å². The molecule has 2 aromatic heterocycles.